The molecule has 208 valence electrons. The van der Waals surface area contributed by atoms with E-state index in [0.717, 1.165) is 38.2 Å². The van der Waals surface area contributed by atoms with Gasteiger partial charge in [0.2, 0.25) is 11.8 Å². The zero-order valence-electron chi connectivity index (χ0n) is 22.4. The maximum absolute atomic E-state index is 13.0. The summed E-state index contributed by atoms with van der Waals surface area (Å²) in [6.07, 6.45) is 6.13. The van der Waals surface area contributed by atoms with Gasteiger partial charge in [0, 0.05) is 23.7 Å². The number of alkyl halides is 3. The van der Waals surface area contributed by atoms with Crippen LogP contribution in [-0.2, 0) is 19.0 Å². The largest absolute Gasteiger partial charge is 0.425 e. The van der Waals surface area contributed by atoms with E-state index < -0.39 is 17.3 Å². The number of nitrogens with one attached hydrogen (secondary N) is 1. The average Bonchev–Trinajstić information content (AvgIpc) is 3.38. The first-order chi connectivity index (χ1) is 18.7. The zero-order chi connectivity index (χ0) is 27.5. The van der Waals surface area contributed by atoms with Crippen LogP contribution in [0.3, 0.4) is 0 Å². The van der Waals surface area contributed by atoms with Crippen LogP contribution >= 0.6 is 0 Å². The molecule has 0 radical (unpaired) electrons. The van der Waals surface area contributed by atoms with E-state index in [2.05, 4.69) is 45.9 Å². The number of halogens is 3. The summed E-state index contributed by atoms with van der Waals surface area (Å²) in [6, 6.07) is 16.3. The highest BCUT2D eigenvalue weighted by atomic mass is 19.4. The summed E-state index contributed by atoms with van der Waals surface area (Å²) < 4.78 is 45.1. The third kappa shape index (κ3) is 7.10. The SMILES string of the molecule is C[C@@]1(N)CCC(=CC2CCC(Nc3ccccc3)CC2)CC1c1nnc(CCc2cccc(C(F)(F)F)c2)o1. The van der Waals surface area contributed by atoms with Crippen LogP contribution in [0.2, 0.25) is 0 Å². The van der Waals surface area contributed by atoms with Gasteiger partial charge in [-0.05, 0) is 88.0 Å². The van der Waals surface area contributed by atoms with Gasteiger partial charge in [0.15, 0.2) is 0 Å². The molecule has 5 nitrogen and oxygen atoms in total. The highest BCUT2D eigenvalue weighted by Gasteiger charge is 2.39. The molecule has 3 aromatic rings. The molecule has 2 saturated carbocycles. The number of aromatic nitrogens is 2. The van der Waals surface area contributed by atoms with Gasteiger partial charge in [-0.25, -0.2) is 0 Å². The van der Waals surface area contributed by atoms with Gasteiger partial charge in [-0.15, -0.1) is 10.2 Å². The standard InChI is InChI=1S/C31H37F3N4O/c1-30(35)17-16-23(18-22-10-13-26(14-11-22)36-25-8-3-2-4-9-25)20-27(30)29-38-37-28(39-29)15-12-21-6-5-7-24(19-21)31(32,33)34/h2-9,18-19,22,26-27,36H,10-17,20,35H2,1H3/t22?,26?,27?,30-/m1/s1. The molecule has 0 bridgehead atoms. The van der Waals surface area contributed by atoms with Crippen molar-refractivity contribution in [1.82, 2.24) is 10.2 Å². The molecule has 2 aliphatic carbocycles. The Hall–Kier alpha value is -3.13. The molecule has 1 heterocycles. The minimum atomic E-state index is -4.36. The van der Waals surface area contributed by atoms with Crippen molar-refractivity contribution in [2.45, 2.75) is 88.4 Å². The second kappa shape index (κ2) is 11.5. The topological polar surface area (TPSA) is 77.0 Å². The van der Waals surface area contributed by atoms with E-state index in [-0.39, 0.29) is 5.92 Å². The third-order valence-electron chi connectivity index (χ3n) is 8.30. The fourth-order valence-electron chi connectivity index (χ4n) is 5.92. The molecule has 1 unspecified atom stereocenters. The number of para-hydroxylation sites is 1. The molecule has 2 aromatic carbocycles. The van der Waals surface area contributed by atoms with E-state index >= 15 is 0 Å². The Morgan fingerprint density at radius 1 is 1.03 bits per heavy atom. The number of nitrogens with two attached hydrogens (primary N) is 1. The third-order valence-corrected chi connectivity index (χ3v) is 8.30. The highest BCUT2D eigenvalue weighted by Crippen LogP contribution is 2.42. The van der Waals surface area contributed by atoms with Crippen molar-refractivity contribution < 1.29 is 17.6 Å². The predicted octanol–water partition coefficient (Wildman–Crippen LogP) is 7.46. The van der Waals surface area contributed by atoms with E-state index in [1.807, 2.05) is 13.0 Å². The molecular formula is C31H37F3N4O. The second-order valence-electron chi connectivity index (χ2n) is 11.4. The first-order valence-electron chi connectivity index (χ1n) is 13.9. The lowest BCUT2D eigenvalue weighted by Crippen LogP contribution is -2.45. The smallest absolute Gasteiger partial charge is 0.416 e. The highest BCUT2D eigenvalue weighted by molar-refractivity contribution is 5.43. The fraction of sp³-hybridized carbons (Fsp3) is 0.484. The number of aryl methyl sites for hydroxylation is 2. The van der Waals surface area contributed by atoms with Crippen LogP contribution in [-0.4, -0.2) is 21.8 Å². The Bertz CT molecular complexity index is 1260. The minimum absolute atomic E-state index is 0.0802. The number of hydrogen-bond acceptors (Lipinski definition) is 5. The number of benzene rings is 2. The van der Waals surface area contributed by atoms with Gasteiger partial charge in [-0.2, -0.15) is 13.2 Å². The fourth-order valence-corrected chi connectivity index (χ4v) is 5.92. The van der Waals surface area contributed by atoms with Crippen molar-refractivity contribution >= 4 is 5.69 Å². The van der Waals surface area contributed by atoms with Crippen LogP contribution in [0, 0.1) is 5.92 Å². The van der Waals surface area contributed by atoms with Crippen molar-refractivity contribution in [3.63, 3.8) is 0 Å². The molecule has 39 heavy (non-hydrogen) atoms. The first-order valence-corrected chi connectivity index (χ1v) is 13.9. The van der Waals surface area contributed by atoms with Crippen molar-refractivity contribution in [2.75, 3.05) is 5.32 Å². The van der Waals surface area contributed by atoms with Crippen molar-refractivity contribution in [1.29, 1.82) is 0 Å². The summed E-state index contributed by atoms with van der Waals surface area (Å²) in [5.74, 6) is 1.45. The van der Waals surface area contributed by atoms with Crippen molar-refractivity contribution in [2.24, 2.45) is 11.7 Å². The molecule has 0 aliphatic heterocycles. The molecular weight excluding hydrogens is 501 g/mol. The van der Waals surface area contributed by atoms with Crippen LogP contribution in [0.4, 0.5) is 18.9 Å². The molecule has 5 rings (SSSR count). The van der Waals surface area contributed by atoms with Gasteiger partial charge in [0.05, 0.1) is 11.5 Å². The van der Waals surface area contributed by atoms with Gasteiger partial charge in [-0.1, -0.05) is 48.0 Å². The molecule has 0 spiro atoms. The lowest BCUT2D eigenvalue weighted by atomic mass is 9.71. The molecule has 0 amide bonds. The van der Waals surface area contributed by atoms with Gasteiger partial charge in [0.25, 0.3) is 0 Å². The van der Waals surface area contributed by atoms with Crippen LogP contribution in [0.5, 0.6) is 0 Å². The van der Waals surface area contributed by atoms with E-state index in [1.54, 1.807) is 6.07 Å². The Balaban J connectivity index is 1.18. The van der Waals surface area contributed by atoms with Crippen molar-refractivity contribution in [3.05, 3.63) is 89.2 Å². The molecule has 0 saturated heterocycles. The first kappa shape index (κ1) is 27.4. The Morgan fingerprint density at radius 2 is 1.79 bits per heavy atom. The van der Waals surface area contributed by atoms with Gasteiger partial charge in [-0.3, -0.25) is 0 Å². The lowest BCUT2D eigenvalue weighted by molar-refractivity contribution is -0.137. The van der Waals surface area contributed by atoms with Crippen LogP contribution < -0.4 is 11.1 Å². The Morgan fingerprint density at radius 3 is 2.54 bits per heavy atom. The molecule has 3 N–H and O–H groups in total. The summed E-state index contributed by atoms with van der Waals surface area (Å²) in [5, 5.41) is 12.2. The number of hydrogen-bond donors (Lipinski definition) is 2. The Labute approximate surface area is 228 Å². The molecule has 8 heteroatoms. The molecule has 2 fully saturated rings. The van der Waals surface area contributed by atoms with E-state index in [1.165, 1.54) is 36.2 Å². The van der Waals surface area contributed by atoms with Gasteiger partial charge >= 0.3 is 6.18 Å². The maximum Gasteiger partial charge on any atom is 0.416 e. The normalized spacial score (nSPS) is 27.0. The Kier molecular flexibility index (Phi) is 8.12. The summed E-state index contributed by atoms with van der Waals surface area (Å²) in [7, 11) is 0. The maximum atomic E-state index is 13.0. The number of allylic oxidation sites excluding steroid dienone is 2. The second-order valence-corrected chi connectivity index (χ2v) is 11.4. The molecule has 2 atom stereocenters. The summed E-state index contributed by atoms with van der Waals surface area (Å²) in [5.41, 5.74) is 8.78. The monoisotopic (exact) mass is 538 g/mol. The quantitative estimate of drug-likeness (QED) is 0.306. The number of anilines is 1. The summed E-state index contributed by atoms with van der Waals surface area (Å²) in [6.45, 7) is 2.04. The van der Waals surface area contributed by atoms with E-state index in [0.29, 0.717) is 42.1 Å². The molecule has 1 aromatic heterocycles. The zero-order valence-corrected chi connectivity index (χ0v) is 22.4. The number of nitrogens with zero attached hydrogens (tertiary/aromatic N) is 2. The van der Waals surface area contributed by atoms with Crippen molar-refractivity contribution in [3.8, 4) is 0 Å². The summed E-state index contributed by atoms with van der Waals surface area (Å²) in [4.78, 5) is 0. The van der Waals surface area contributed by atoms with Gasteiger partial charge < -0.3 is 15.5 Å². The van der Waals surface area contributed by atoms with Crippen LogP contribution in [0.1, 0.15) is 80.7 Å². The average molecular weight is 539 g/mol. The van der Waals surface area contributed by atoms with E-state index in [4.69, 9.17) is 10.2 Å². The predicted molar refractivity (Wildman–Crippen MR) is 146 cm³/mol. The van der Waals surface area contributed by atoms with Gasteiger partial charge in [0.1, 0.15) is 0 Å². The summed E-state index contributed by atoms with van der Waals surface area (Å²) >= 11 is 0. The molecule has 2 aliphatic rings. The van der Waals surface area contributed by atoms with Crippen LogP contribution in [0.15, 0.2) is 70.7 Å². The number of rotatable bonds is 7. The minimum Gasteiger partial charge on any atom is -0.425 e. The lowest BCUT2D eigenvalue weighted by Gasteiger charge is -2.38. The van der Waals surface area contributed by atoms with E-state index in [9.17, 15) is 13.2 Å². The van der Waals surface area contributed by atoms with Crippen LogP contribution in [0.25, 0.3) is 0 Å².